The predicted molar refractivity (Wildman–Crippen MR) is 73.7 cm³/mol. The van der Waals surface area contributed by atoms with Gasteiger partial charge in [0.1, 0.15) is 0 Å². The van der Waals surface area contributed by atoms with E-state index in [0.29, 0.717) is 16.1 Å². The van der Waals surface area contributed by atoms with E-state index < -0.39 is 11.7 Å². The lowest BCUT2D eigenvalue weighted by molar-refractivity contribution is -0.135. The monoisotopic (exact) mass is 295 g/mol. The van der Waals surface area contributed by atoms with Crippen molar-refractivity contribution < 1.29 is 13.2 Å². The average molecular weight is 296 g/mol. The second kappa shape index (κ2) is 4.56. The molecule has 20 heavy (non-hydrogen) atoms. The van der Waals surface area contributed by atoms with Crippen LogP contribution in [-0.2, 0) is 6.18 Å². The van der Waals surface area contributed by atoms with Crippen molar-refractivity contribution in [2.45, 2.75) is 6.18 Å². The van der Waals surface area contributed by atoms with Crippen molar-refractivity contribution in [3.63, 3.8) is 0 Å². The van der Waals surface area contributed by atoms with Gasteiger partial charge in [0, 0.05) is 21.5 Å². The van der Waals surface area contributed by atoms with Gasteiger partial charge in [0.15, 0.2) is 0 Å². The summed E-state index contributed by atoms with van der Waals surface area (Å²) in [7, 11) is 0. The number of aromatic amines is 1. The number of hydrogen-bond donors (Lipinski definition) is 1. The van der Waals surface area contributed by atoms with Crippen molar-refractivity contribution in [3.05, 3.63) is 59.1 Å². The highest BCUT2D eigenvalue weighted by Gasteiger charge is 2.37. The minimum Gasteiger partial charge on any atom is -0.354 e. The van der Waals surface area contributed by atoms with Crippen LogP contribution in [0.5, 0.6) is 0 Å². The SMILES string of the molecule is FC(F)(F)c1c(-c2cccc(Cl)c2)[nH]c2ccccc12. The Bertz CT molecular complexity index is 774. The zero-order valence-electron chi connectivity index (χ0n) is 10.1. The molecule has 0 bridgehead atoms. The first-order chi connectivity index (χ1) is 9.47. The molecule has 1 aromatic heterocycles. The van der Waals surface area contributed by atoms with Gasteiger partial charge in [-0.15, -0.1) is 0 Å². The van der Waals surface area contributed by atoms with Crippen LogP contribution in [-0.4, -0.2) is 4.98 Å². The molecule has 1 heterocycles. The molecule has 0 aliphatic heterocycles. The van der Waals surface area contributed by atoms with Crippen LogP contribution in [0.15, 0.2) is 48.5 Å². The lowest BCUT2D eigenvalue weighted by Gasteiger charge is -2.09. The number of rotatable bonds is 1. The first-order valence-corrected chi connectivity index (χ1v) is 6.28. The van der Waals surface area contributed by atoms with E-state index in [-0.39, 0.29) is 11.1 Å². The Morgan fingerprint density at radius 3 is 2.40 bits per heavy atom. The molecule has 2 aromatic carbocycles. The van der Waals surface area contributed by atoms with Gasteiger partial charge in [0.25, 0.3) is 0 Å². The molecule has 0 saturated heterocycles. The molecule has 1 nitrogen and oxygen atoms in total. The van der Waals surface area contributed by atoms with Crippen molar-refractivity contribution in [1.29, 1.82) is 0 Å². The van der Waals surface area contributed by atoms with Crippen molar-refractivity contribution >= 4 is 22.5 Å². The summed E-state index contributed by atoms with van der Waals surface area (Å²) in [6, 6.07) is 12.7. The number of fused-ring (bicyclic) bond motifs is 1. The summed E-state index contributed by atoms with van der Waals surface area (Å²) in [5.41, 5.74) is 0.257. The van der Waals surface area contributed by atoms with E-state index in [4.69, 9.17) is 11.6 Å². The first-order valence-electron chi connectivity index (χ1n) is 5.90. The van der Waals surface area contributed by atoms with Crippen LogP contribution in [0.3, 0.4) is 0 Å². The summed E-state index contributed by atoms with van der Waals surface area (Å²) in [4.78, 5) is 2.84. The molecule has 0 atom stereocenters. The molecule has 0 spiro atoms. The van der Waals surface area contributed by atoms with Gasteiger partial charge in [0.2, 0.25) is 0 Å². The quantitative estimate of drug-likeness (QED) is 0.609. The molecule has 0 radical (unpaired) electrons. The van der Waals surface area contributed by atoms with E-state index in [1.807, 2.05) is 0 Å². The fourth-order valence-corrected chi connectivity index (χ4v) is 2.49. The van der Waals surface area contributed by atoms with E-state index >= 15 is 0 Å². The molecule has 102 valence electrons. The number of aromatic nitrogens is 1. The summed E-state index contributed by atoms with van der Waals surface area (Å²) >= 11 is 5.86. The Kier molecular flexibility index (Phi) is 2.98. The molecule has 0 aliphatic rings. The number of benzene rings is 2. The van der Waals surface area contributed by atoms with E-state index in [1.54, 1.807) is 36.4 Å². The van der Waals surface area contributed by atoms with E-state index in [0.717, 1.165) is 0 Å². The molecule has 0 amide bonds. The Morgan fingerprint density at radius 2 is 1.70 bits per heavy atom. The summed E-state index contributed by atoms with van der Waals surface area (Å²) < 4.78 is 40.0. The van der Waals surface area contributed by atoms with Crippen molar-refractivity contribution in [2.75, 3.05) is 0 Å². The second-order valence-corrected chi connectivity index (χ2v) is 4.87. The van der Waals surface area contributed by atoms with Crippen molar-refractivity contribution in [2.24, 2.45) is 0 Å². The predicted octanol–water partition coefficient (Wildman–Crippen LogP) is 5.51. The molecule has 0 aliphatic carbocycles. The third-order valence-electron chi connectivity index (χ3n) is 3.10. The zero-order chi connectivity index (χ0) is 14.3. The van der Waals surface area contributed by atoms with Gasteiger partial charge in [-0.25, -0.2) is 0 Å². The van der Waals surface area contributed by atoms with Gasteiger partial charge in [0.05, 0.1) is 11.3 Å². The van der Waals surface area contributed by atoms with Gasteiger partial charge in [-0.3, -0.25) is 0 Å². The summed E-state index contributed by atoms with van der Waals surface area (Å²) in [6.45, 7) is 0. The number of alkyl halides is 3. The Morgan fingerprint density at radius 1 is 0.950 bits per heavy atom. The molecular formula is C15H9ClF3N. The third-order valence-corrected chi connectivity index (χ3v) is 3.34. The lowest BCUT2D eigenvalue weighted by atomic mass is 10.0. The van der Waals surface area contributed by atoms with E-state index in [1.165, 1.54) is 12.1 Å². The molecule has 1 N–H and O–H groups in total. The number of H-pyrrole nitrogens is 1. The standard InChI is InChI=1S/C15H9ClF3N/c16-10-5-3-4-9(8-10)14-13(15(17,18)19)11-6-1-2-7-12(11)20-14/h1-8,20H. The normalized spacial score (nSPS) is 12.0. The van der Waals surface area contributed by atoms with E-state index in [2.05, 4.69) is 4.98 Å². The van der Waals surface area contributed by atoms with Crippen LogP contribution in [0.4, 0.5) is 13.2 Å². The van der Waals surface area contributed by atoms with Crippen LogP contribution in [0.25, 0.3) is 22.2 Å². The Hall–Kier alpha value is -1.94. The van der Waals surface area contributed by atoms with Crippen LogP contribution in [0.2, 0.25) is 5.02 Å². The van der Waals surface area contributed by atoms with Gasteiger partial charge >= 0.3 is 6.18 Å². The fourth-order valence-electron chi connectivity index (χ4n) is 2.30. The van der Waals surface area contributed by atoms with Gasteiger partial charge in [-0.2, -0.15) is 13.2 Å². The third kappa shape index (κ3) is 2.16. The maximum absolute atomic E-state index is 13.3. The molecule has 0 saturated carbocycles. The van der Waals surface area contributed by atoms with Crippen LogP contribution < -0.4 is 0 Å². The number of halogens is 4. The number of para-hydroxylation sites is 1. The van der Waals surface area contributed by atoms with Gasteiger partial charge in [-0.1, -0.05) is 41.9 Å². The Labute approximate surface area is 118 Å². The highest BCUT2D eigenvalue weighted by molar-refractivity contribution is 6.30. The molecule has 0 fully saturated rings. The Balaban J connectivity index is 2.35. The van der Waals surface area contributed by atoms with Crippen molar-refractivity contribution in [3.8, 4) is 11.3 Å². The van der Waals surface area contributed by atoms with Crippen LogP contribution in [0, 0.1) is 0 Å². The lowest BCUT2D eigenvalue weighted by Crippen LogP contribution is -2.05. The summed E-state index contributed by atoms with van der Waals surface area (Å²) in [5.74, 6) is 0. The largest absolute Gasteiger partial charge is 0.419 e. The maximum atomic E-state index is 13.3. The van der Waals surface area contributed by atoms with Gasteiger partial charge < -0.3 is 4.98 Å². The average Bonchev–Trinajstić information content (AvgIpc) is 2.77. The van der Waals surface area contributed by atoms with Crippen LogP contribution in [0.1, 0.15) is 5.56 Å². The molecule has 0 unspecified atom stereocenters. The second-order valence-electron chi connectivity index (χ2n) is 4.43. The minimum absolute atomic E-state index is 0.0428. The fraction of sp³-hybridized carbons (Fsp3) is 0.0667. The minimum atomic E-state index is -4.43. The summed E-state index contributed by atoms with van der Waals surface area (Å²) in [6.07, 6.45) is -4.43. The molecule has 3 aromatic rings. The summed E-state index contributed by atoms with van der Waals surface area (Å²) in [5, 5.41) is 0.559. The first kappa shape index (κ1) is 13.1. The zero-order valence-corrected chi connectivity index (χ0v) is 10.9. The topological polar surface area (TPSA) is 15.8 Å². The molecule has 5 heteroatoms. The number of hydrogen-bond acceptors (Lipinski definition) is 0. The highest BCUT2D eigenvalue weighted by atomic mass is 35.5. The van der Waals surface area contributed by atoms with Crippen molar-refractivity contribution in [1.82, 2.24) is 4.98 Å². The van der Waals surface area contributed by atoms with E-state index in [9.17, 15) is 13.2 Å². The molecular weight excluding hydrogens is 287 g/mol. The molecule has 3 rings (SSSR count). The van der Waals surface area contributed by atoms with Gasteiger partial charge in [-0.05, 0) is 18.2 Å². The smallest absolute Gasteiger partial charge is 0.354 e. The maximum Gasteiger partial charge on any atom is 0.419 e. The highest BCUT2D eigenvalue weighted by Crippen LogP contribution is 2.42. The van der Waals surface area contributed by atoms with Crippen LogP contribution >= 0.6 is 11.6 Å². The number of nitrogens with one attached hydrogen (secondary N) is 1.